The van der Waals surface area contributed by atoms with Crippen LogP contribution in [0.25, 0.3) is 0 Å². The molecule has 2 aromatic rings. The Hall–Kier alpha value is -1.90. The Morgan fingerprint density at radius 2 is 2.10 bits per heavy atom. The number of hydrogen-bond donors (Lipinski definition) is 1. The highest BCUT2D eigenvalue weighted by Gasteiger charge is 2.17. The smallest absolute Gasteiger partial charge is 0.488 e. The van der Waals surface area contributed by atoms with Crippen molar-refractivity contribution in [2.45, 2.75) is 12.6 Å². The minimum atomic E-state index is -0.960. The van der Waals surface area contributed by atoms with Crippen LogP contribution in [0.3, 0.4) is 0 Å². The lowest BCUT2D eigenvalue weighted by molar-refractivity contribution is -0.394. The van der Waals surface area contributed by atoms with Crippen molar-refractivity contribution in [1.29, 1.82) is 0 Å². The van der Waals surface area contributed by atoms with Gasteiger partial charge in [-0.05, 0) is 17.1 Å². The van der Waals surface area contributed by atoms with E-state index >= 15 is 0 Å². The second-order valence-electron chi connectivity index (χ2n) is 4.04. The maximum atomic E-state index is 10.4. The summed E-state index contributed by atoms with van der Waals surface area (Å²) in [5.41, 5.74) is 0. The van der Waals surface area contributed by atoms with Crippen LogP contribution in [0.2, 0.25) is 10.0 Å². The molecule has 0 spiro atoms. The van der Waals surface area contributed by atoms with Crippen LogP contribution in [0, 0.1) is 10.1 Å². The summed E-state index contributed by atoms with van der Waals surface area (Å²) >= 11 is 11.8. The molecule has 1 heterocycles. The maximum Gasteiger partial charge on any atom is 0.490 e. The molecular formula is C11H10Cl2N4O4. The van der Waals surface area contributed by atoms with Gasteiger partial charge in [-0.2, -0.15) is 4.68 Å². The van der Waals surface area contributed by atoms with Crippen molar-refractivity contribution in [3.63, 3.8) is 0 Å². The van der Waals surface area contributed by atoms with Gasteiger partial charge in [-0.15, -0.1) is 0 Å². The molecule has 0 aliphatic carbocycles. The van der Waals surface area contributed by atoms with Crippen LogP contribution < -0.4 is 4.74 Å². The zero-order valence-electron chi connectivity index (χ0n) is 10.5. The van der Waals surface area contributed by atoms with Crippen molar-refractivity contribution < 1.29 is 14.8 Å². The first-order chi connectivity index (χ1) is 9.97. The van der Waals surface area contributed by atoms with E-state index in [1.54, 1.807) is 18.2 Å². The second-order valence-corrected chi connectivity index (χ2v) is 4.85. The van der Waals surface area contributed by atoms with Gasteiger partial charge >= 0.3 is 5.95 Å². The van der Waals surface area contributed by atoms with Gasteiger partial charge in [-0.3, -0.25) is 0 Å². The molecule has 0 radical (unpaired) electrons. The number of halogens is 2. The molecule has 0 aliphatic rings. The molecule has 21 heavy (non-hydrogen) atoms. The zero-order chi connectivity index (χ0) is 15.4. The van der Waals surface area contributed by atoms with E-state index in [2.05, 4.69) is 10.1 Å². The molecule has 1 aromatic heterocycles. The number of benzene rings is 1. The summed E-state index contributed by atoms with van der Waals surface area (Å²) in [6, 6.07) is 4.88. The third-order valence-electron chi connectivity index (χ3n) is 2.42. The van der Waals surface area contributed by atoms with E-state index in [0.717, 1.165) is 11.0 Å². The molecule has 1 aromatic carbocycles. The van der Waals surface area contributed by atoms with Crippen LogP contribution in [0.5, 0.6) is 5.75 Å². The average molecular weight is 333 g/mol. The summed E-state index contributed by atoms with van der Waals surface area (Å²) in [7, 11) is 0. The summed E-state index contributed by atoms with van der Waals surface area (Å²) in [5, 5.41) is 24.5. The lowest BCUT2D eigenvalue weighted by atomic mass is 10.3. The number of nitro groups is 1. The van der Waals surface area contributed by atoms with Gasteiger partial charge in [0.05, 0.1) is 16.6 Å². The van der Waals surface area contributed by atoms with Gasteiger partial charge in [-0.1, -0.05) is 34.3 Å². The number of hydrogen-bond acceptors (Lipinski definition) is 6. The Kier molecular flexibility index (Phi) is 4.94. The molecule has 2 rings (SSSR count). The number of aliphatic hydroxyl groups excluding tert-OH is 1. The number of nitrogens with zero attached hydrogens (tertiary/aromatic N) is 4. The number of rotatable bonds is 6. The van der Waals surface area contributed by atoms with Crippen LogP contribution in [0.15, 0.2) is 24.5 Å². The van der Waals surface area contributed by atoms with Crippen molar-refractivity contribution in [2.75, 3.05) is 6.61 Å². The molecule has 0 saturated heterocycles. The Balaban J connectivity index is 1.92. The van der Waals surface area contributed by atoms with Crippen LogP contribution in [0.1, 0.15) is 0 Å². The van der Waals surface area contributed by atoms with Crippen LogP contribution in [-0.4, -0.2) is 37.5 Å². The van der Waals surface area contributed by atoms with Gasteiger partial charge in [0.1, 0.15) is 12.7 Å². The van der Waals surface area contributed by atoms with Gasteiger partial charge in [0, 0.05) is 5.10 Å². The molecule has 0 fully saturated rings. The van der Waals surface area contributed by atoms with Gasteiger partial charge < -0.3 is 20.0 Å². The third-order valence-corrected chi connectivity index (χ3v) is 3.02. The third kappa shape index (κ3) is 4.03. The van der Waals surface area contributed by atoms with Crippen LogP contribution >= 0.6 is 23.2 Å². The fourth-order valence-electron chi connectivity index (χ4n) is 1.53. The first-order valence-corrected chi connectivity index (χ1v) is 6.51. The molecule has 112 valence electrons. The maximum absolute atomic E-state index is 10.4. The molecule has 1 N–H and O–H groups in total. The largest absolute Gasteiger partial charge is 0.490 e. The van der Waals surface area contributed by atoms with E-state index in [1.165, 1.54) is 0 Å². The second kappa shape index (κ2) is 6.70. The SMILES string of the molecule is O=[N+]([O-])c1ncn(C[C@@H](O)COc2c(Cl)cccc2Cl)n1. The quantitative estimate of drug-likeness (QED) is 0.640. The van der Waals surface area contributed by atoms with Crippen molar-refractivity contribution in [3.05, 3.63) is 44.7 Å². The number of ether oxygens (including phenoxy) is 1. The lowest BCUT2D eigenvalue weighted by Crippen LogP contribution is -2.24. The summed E-state index contributed by atoms with van der Waals surface area (Å²) in [5.74, 6) is -0.262. The number of para-hydroxylation sites is 1. The van der Waals surface area contributed by atoms with E-state index < -0.39 is 17.0 Å². The van der Waals surface area contributed by atoms with Crippen molar-refractivity contribution >= 4 is 29.2 Å². The first kappa shape index (κ1) is 15.5. The molecule has 0 bridgehead atoms. The predicted octanol–water partition coefficient (Wildman–Crippen LogP) is 1.93. The average Bonchev–Trinajstić information content (AvgIpc) is 2.87. The Labute approximate surface area is 129 Å². The fourth-order valence-corrected chi connectivity index (χ4v) is 2.03. The van der Waals surface area contributed by atoms with Crippen molar-refractivity contribution in [2.24, 2.45) is 0 Å². The van der Waals surface area contributed by atoms with Gasteiger partial charge in [0.25, 0.3) is 0 Å². The highest BCUT2D eigenvalue weighted by atomic mass is 35.5. The van der Waals surface area contributed by atoms with E-state index in [-0.39, 0.29) is 18.9 Å². The molecule has 0 saturated carbocycles. The highest BCUT2D eigenvalue weighted by molar-refractivity contribution is 6.37. The molecular weight excluding hydrogens is 323 g/mol. The van der Waals surface area contributed by atoms with E-state index in [9.17, 15) is 15.2 Å². The molecule has 0 amide bonds. The summed E-state index contributed by atoms with van der Waals surface area (Å²) in [6.07, 6.45) is 0.197. The van der Waals surface area contributed by atoms with E-state index in [1.807, 2.05) is 0 Å². The Morgan fingerprint density at radius 1 is 1.43 bits per heavy atom. The minimum Gasteiger partial charge on any atom is -0.488 e. The van der Waals surface area contributed by atoms with Crippen molar-refractivity contribution in [3.8, 4) is 5.75 Å². The monoisotopic (exact) mass is 332 g/mol. The molecule has 1 atom stereocenters. The highest BCUT2D eigenvalue weighted by Crippen LogP contribution is 2.32. The summed E-state index contributed by atoms with van der Waals surface area (Å²) in [6.45, 7) is -0.111. The Morgan fingerprint density at radius 3 is 2.67 bits per heavy atom. The normalized spacial score (nSPS) is 12.1. The zero-order valence-corrected chi connectivity index (χ0v) is 12.0. The molecule has 8 nitrogen and oxygen atoms in total. The minimum absolute atomic E-state index is 0.0110. The van der Waals surface area contributed by atoms with Gasteiger partial charge in [-0.25, -0.2) is 0 Å². The summed E-state index contributed by atoms with van der Waals surface area (Å²) < 4.78 is 6.50. The van der Waals surface area contributed by atoms with E-state index in [0.29, 0.717) is 10.0 Å². The standard InChI is InChI=1S/C11H10Cl2N4O4/c12-8-2-1-3-9(13)10(8)21-5-7(18)4-16-6-14-11(15-16)17(19)20/h1-3,6-7,18H,4-5H2/t7-/m1/s1. The topological polar surface area (TPSA) is 103 Å². The van der Waals surface area contributed by atoms with Gasteiger partial charge in [0.15, 0.2) is 5.75 Å². The summed E-state index contributed by atoms with van der Waals surface area (Å²) in [4.78, 5) is 13.2. The fraction of sp³-hybridized carbons (Fsp3) is 0.273. The number of aliphatic hydroxyl groups is 1. The molecule has 10 heteroatoms. The van der Waals surface area contributed by atoms with E-state index in [4.69, 9.17) is 27.9 Å². The van der Waals surface area contributed by atoms with Crippen molar-refractivity contribution in [1.82, 2.24) is 14.8 Å². The lowest BCUT2D eigenvalue weighted by Gasteiger charge is -2.13. The van der Waals surface area contributed by atoms with Crippen LogP contribution in [0.4, 0.5) is 5.95 Å². The number of aromatic nitrogens is 3. The first-order valence-electron chi connectivity index (χ1n) is 5.76. The molecule has 0 unspecified atom stereocenters. The predicted molar refractivity (Wildman–Crippen MR) is 74.6 cm³/mol. The van der Waals surface area contributed by atoms with Crippen LogP contribution in [-0.2, 0) is 6.54 Å². The molecule has 0 aliphatic heterocycles. The van der Waals surface area contributed by atoms with Gasteiger partial charge in [0.2, 0.25) is 6.33 Å². The Bertz CT molecular complexity index is 629.